The van der Waals surface area contributed by atoms with Crippen molar-refractivity contribution in [3.63, 3.8) is 0 Å². The van der Waals surface area contributed by atoms with Crippen molar-refractivity contribution >= 4 is 0 Å². The number of nitriles is 1. The van der Waals surface area contributed by atoms with E-state index in [4.69, 9.17) is 10.4 Å². The first-order valence-corrected chi connectivity index (χ1v) is 3.29. The van der Waals surface area contributed by atoms with Gasteiger partial charge in [-0.1, -0.05) is 6.07 Å². The van der Waals surface area contributed by atoms with Crippen molar-refractivity contribution in [2.24, 2.45) is 0 Å². The topological polar surface area (TPSA) is 56.9 Å². The van der Waals surface area contributed by atoms with E-state index in [1.807, 2.05) is 6.07 Å². The highest BCUT2D eigenvalue weighted by Crippen LogP contribution is 1.99. The van der Waals surface area contributed by atoms with E-state index in [2.05, 4.69) is 4.98 Å². The minimum atomic E-state index is -0.917. The van der Waals surface area contributed by atoms with Crippen LogP contribution in [0.4, 0.5) is 0 Å². The molecule has 0 bridgehead atoms. The highest BCUT2D eigenvalue weighted by atomic mass is 16.3. The number of hydrogen-bond acceptors (Lipinski definition) is 3. The molecule has 0 unspecified atom stereocenters. The fourth-order valence-corrected chi connectivity index (χ4v) is 0.788. The predicted molar refractivity (Wildman–Crippen MR) is 39.6 cm³/mol. The number of aliphatic hydroxyl groups excluding tert-OH is 1. The lowest BCUT2D eigenvalue weighted by Gasteiger charge is -1.99. The van der Waals surface area contributed by atoms with Crippen LogP contribution in [0.2, 0.25) is 0 Å². The zero-order chi connectivity index (χ0) is 8.10. The van der Waals surface area contributed by atoms with Crippen LogP contribution in [0.3, 0.4) is 0 Å². The van der Waals surface area contributed by atoms with Gasteiger partial charge in [0.2, 0.25) is 0 Å². The molecule has 1 N–H and O–H groups in total. The van der Waals surface area contributed by atoms with Crippen LogP contribution in [-0.2, 0) is 6.42 Å². The smallest absolute Gasteiger partial charge is 0.144 e. The summed E-state index contributed by atoms with van der Waals surface area (Å²) in [5, 5.41) is 17.2. The lowest BCUT2D eigenvalue weighted by atomic mass is 10.1. The average molecular weight is 148 g/mol. The number of rotatable bonds is 2. The van der Waals surface area contributed by atoms with Gasteiger partial charge in [0.25, 0.3) is 0 Å². The second kappa shape index (κ2) is 3.69. The molecule has 0 radical (unpaired) electrons. The molecule has 3 nitrogen and oxygen atoms in total. The van der Waals surface area contributed by atoms with Gasteiger partial charge in [-0.2, -0.15) is 5.26 Å². The molecular formula is C8H8N2O. The molecule has 1 rings (SSSR count). The minimum absolute atomic E-state index is 0.352. The molecule has 0 aliphatic heterocycles. The Morgan fingerprint density at radius 3 is 3.09 bits per heavy atom. The van der Waals surface area contributed by atoms with Crippen LogP contribution in [0, 0.1) is 11.3 Å². The van der Waals surface area contributed by atoms with Gasteiger partial charge in [-0.3, -0.25) is 4.98 Å². The quantitative estimate of drug-likeness (QED) is 0.621. The van der Waals surface area contributed by atoms with Crippen LogP contribution >= 0.6 is 0 Å². The maximum absolute atomic E-state index is 8.92. The summed E-state index contributed by atoms with van der Waals surface area (Å²) in [5.41, 5.74) is 0.876. The van der Waals surface area contributed by atoms with E-state index in [0.29, 0.717) is 6.42 Å². The first kappa shape index (κ1) is 7.70. The standard InChI is InChI=1S/C8H8N2O/c9-5-8(11)4-7-2-1-3-10-6-7/h1-3,6,8,11H,4H2/t8-/m1/s1. The highest BCUT2D eigenvalue weighted by molar-refractivity contribution is 5.11. The maximum atomic E-state index is 8.92. The van der Waals surface area contributed by atoms with Crippen LogP contribution in [0.1, 0.15) is 5.56 Å². The van der Waals surface area contributed by atoms with E-state index in [9.17, 15) is 0 Å². The molecule has 56 valence electrons. The Balaban J connectivity index is 2.60. The number of aromatic nitrogens is 1. The molecule has 0 fully saturated rings. The lowest BCUT2D eigenvalue weighted by Crippen LogP contribution is -2.06. The third-order valence-electron chi connectivity index (χ3n) is 1.30. The fraction of sp³-hybridized carbons (Fsp3) is 0.250. The molecule has 1 heterocycles. The summed E-state index contributed by atoms with van der Waals surface area (Å²) in [6.45, 7) is 0. The van der Waals surface area contributed by atoms with Gasteiger partial charge in [0.15, 0.2) is 0 Å². The van der Waals surface area contributed by atoms with Crippen molar-refractivity contribution in [3.05, 3.63) is 30.1 Å². The second-order valence-corrected chi connectivity index (χ2v) is 2.21. The zero-order valence-electron chi connectivity index (χ0n) is 5.94. The van der Waals surface area contributed by atoms with E-state index >= 15 is 0 Å². The summed E-state index contributed by atoms with van der Waals surface area (Å²) in [7, 11) is 0. The van der Waals surface area contributed by atoms with Crippen molar-refractivity contribution in [2.45, 2.75) is 12.5 Å². The normalized spacial score (nSPS) is 12.0. The van der Waals surface area contributed by atoms with Crippen LogP contribution in [0.5, 0.6) is 0 Å². The highest BCUT2D eigenvalue weighted by Gasteiger charge is 2.01. The molecule has 1 aromatic heterocycles. The molecule has 0 saturated heterocycles. The van der Waals surface area contributed by atoms with Gasteiger partial charge in [0, 0.05) is 18.8 Å². The first-order chi connectivity index (χ1) is 5.33. The van der Waals surface area contributed by atoms with Gasteiger partial charge in [-0.15, -0.1) is 0 Å². The SMILES string of the molecule is N#C[C@H](O)Cc1cccnc1. The Bertz CT molecular complexity index is 253. The fourth-order valence-electron chi connectivity index (χ4n) is 0.788. The Morgan fingerprint density at radius 2 is 2.55 bits per heavy atom. The van der Waals surface area contributed by atoms with Crippen LogP contribution in [0.15, 0.2) is 24.5 Å². The molecule has 0 aliphatic carbocycles. The van der Waals surface area contributed by atoms with Crippen molar-refractivity contribution < 1.29 is 5.11 Å². The summed E-state index contributed by atoms with van der Waals surface area (Å²) in [6.07, 6.45) is 2.73. The molecule has 1 atom stereocenters. The molecule has 11 heavy (non-hydrogen) atoms. The molecule has 0 spiro atoms. The zero-order valence-corrected chi connectivity index (χ0v) is 5.94. The second-order valence-electron chi connectivity index (χ2n) is 2.21. The van der Waals surface area contributed by atoms with Gasteiger partial charge in [0.1, 0.15) is 6.10 Å². The van der Waals surface area contributed by atoms with Gasteiger partial charge in [-0.05, 0) is 11.6 Å². The largest absolute Gasteiger partial charge is 0.378 e. The van der Waals surface area contributed by atoms with E-state index < -0.39 is 6.10 Å². The van der Waals surface area contributed by atoms with E-state index in [-0.39, 0.29) is 0 Å². The van der Waals surface area contributed by atoms with Crippen molar-refractivity contribution in [3.8, 4) is 6.07 Å². The predicted octanol–water partition coefficient (Wildman–Crippen LogP) is 0.509. The molecule has 0 saturated carbocycles. The van der Waals surface area contributed by atoms with Crippen molar-refractivity contribution in [1.29, 1.82) is 5.26 Å². The van der Waals surface area contributed by atoms with E-state index in [1.165, 1.54) is 0 Å². The van der Waals surface area contributed by atoms with Gasteiger partial charge in [-0.25, -0.2) is 0 Å². The van der Waals surface area contributed by atoms with Gasteiger partial charge >= 0.3 is 0 Å². The third kappa shape index (κ3) is 2.36. The number of pyridine rings is 1. The molecular weight excluding hydrogens is 140 g/mol. The summed E-state index contributed by atoms with van der Waals surface area (Å²) in [5.74, 6) is 0. The van der Waals surface area contributed by atoms with Crippen LogP contribution < -0.4 is 0 Å². The molecule has 1 aromatic rings. The van der Waals surface area contributed by atoms with Crippen molar-refractivity contribution in [1.82, 2.24) is 4.98 Å². The number of nitrogens with zero attached hydrogens (tertiary/aromatic N) is 2. The Morgan fingerprint density at radius 1 is 1.73 bits per heavy atom. The average Bonchev–Trinajstić information content (AvgIpc) is 2.06. The van der Waals surface area contributed by atoms with Crippen LogP contribution in [-0.4, -0.2) is 16.2 Å². The number of aliphatic hydroxyl groups is 1. The molecule has 0 amide bonds. The number of hydrogen-bond donors (Lipinski definition) is 1. The maximum Gasteiger partial charge on any atom is 0.144 e. The summed E-state index contributed by atoms with van der Waals surface area (Å²) in [6, 6.07) is 5.35. The van der Waals surface area contributed by atoms with Crippen molar-refractivity contribution in [2.75, 3.05) is 0 Å². The third-order valence-corrected chi connectivity index (χ3v) is 1.30. The molecule has 0 aliphatic rings. The monoisotopic (exact) mass is 148 g/mol. The Kier molecular flexibility index (Phi) is 2.59. The lowest BCUT2D eigenvalue weighted by molar-refractivity contribution is 0.231. The summed E-state index contributed by atoms with van der Waals surface area (Å²) < 4.78 is 0. The van der Waals surface area contributed by atoms with Gasteiger partial charge < -0.3 is 5.11 Å². The summed E-state index contributed by atoms with van der Waals surface area (Å²) in [4.78, 5) is 3.85. The van der Waals surface area contributed by atoms with E-state index in [0.717, 1.165) is 5.56 Å². The van der Waals surface area contributed by atoms with Gasteiger partial charge in [0.05, 0.1) is 6.07 Å². The molecule has 0 aromatic carbocycles. The Hall–Kier alpha value is -1.40. The Labute approximate surface area is 64.9 Å². The van der Waals surface area contributed by atoms with Crippen LogP contribution in [0.25, 0.3) is 0 Å². The minimum Gasteiger partial charge on any atom is -0.378 e. The summed E-state index contributed by atoms with van der Waals surface area (Å²) >= 11 is 0. The molecule has 3 heteroatoms. The first-order valence-electron chi connectivity index (χ1n) is 3.29. The van der Waals surface area contributed by atoms with E-state index in [1.54, 1.807) is 24.5 Å².